The molecule has 0 amide bonds. The predicted octanol–water partition coefficient (Wildman–Crippen LogP) is 7.66. The van der Waals surface area contributed by atoms with Crippen molar-refractivity contribution in [3.8, 4) is 11.5 Å². The fourth-order valence-electron chi connectivity index (χ4n) is 5.30. The third kappa shape index (κ3) is 9.90. The first-order valence-electron chi connectivity index (χ1n) is 16.5. The molecule has 0 fully saturated rings. The molecule has 0 aliphatic carbocycles. The van der Waals surface area contributed by atoms with Crippen LogP contribution in [0, 0.1) is 0 Å². The van der Waals surface area contributed by atoms with E-state index in [1.165, 1.54) is 48.8 Å². The zero-order valence-corrected chi connectivity index (χ0v) is 31.6. The van der Waals surface area contributed by atoms with E-state index in [0.29, 0.717) is 10.0 Å². The summed E-state index contributed by atoms with van der Waals surface area (Å²) in [6, 6.07) is 33.8. The highest BCUT2D eigenvalue weighted by atomic mass is 32.2. The average Bonchev–Trinajstić information content (AvgIpc) is 3.59. The number of nitrogens with zero attached hydrogens (tertiary/aromatic N) is 2. The predicted molar refractivity (Wildman–Crippen MR) is 205 cm³/mol. The SMILES string of the molecule is CC(=O)Oc1ccc(SC(O/N=C(\C(=O)O)c2csc(NC(c3ccccc3)(c3ccccc3)c3ccccc3)n2)C(=O)OC(C)(C)C)cc1OC(C)=O. The second-order valence-electron chi connectivity index (χ2n) is 12.6. The van der Waals surface area contributed by atoms with Crippen LogP contribution in [0.1, 0.15) is 57.0 Å². The van der Waals surface area contributed by atoms with E-state index in [4.69, 9.17) is 19.0 Å². The van der Waals surface area contributed by atoms with E-state index in [9.17, 15) is 24.3 Å². The molecule has 5 aromatic rings. The number of nitrogens with one attached hydrogen (secondary N) is 1. The van der Waals surface area contributed by atoms with Crippen LogP contribution in [0.2, 0.25) is 0 Å². The number of oxime groups is 1. The lowest BCUT2D eigenvalue weighted by atomic mass is 9.77. The van der Waals surface area contributed by atoms with E-state index in [-0.39, 0.29) is 17.2 Å². The Morgan fingerprint density at radius 3 is 1.78 bits per heavy atom. The average molecular weight is 768 g/mol. The number of ether oxygens (including phenoxy) is 3. The number of carboxylic acids is 1. The van der Waals surface area contributed by atoms with E-state index >= 15 is 0 Å². The maximum atomic E-state index is 13.4. The van der Waals surface area contributed by atoms with Gasteiger partial charge in [-0.15, -0.1) is 11.3 Å². The van der Waals surface area contributed by atoms with Gasteiger partial charge >= 0.3 is 23.9 Å². The lowest BCUT2D eigenvalue weighted by Crippen LogP contribution is -2.38. The number of rotatable bonds is 14. The summed E-state index contributed by atoms with van der Waals surface area (Å²) in [6.45, 7) is 7.36. The van der Waals surface area contributed by atoms with Crippen LogP contribution in [0.4, 0.5) is 5.13 Å². The van der Waals surface area contributed by atoms with Gasteiger partial charge in [-0.3, -0.25) is 9.59 Å². The number of carbonyl (C=O) groups excluding carboxylic acids is 3. The van der Waals surface area contributed by atoms with Crippen LogP contribution in [-0.2, 0) is 34.3 Å². The number of aliphatic carboxylic acids is 1. The summed E-state index contributed by atoms with van der Waals surface area (Å²) in [5.41, 5.74) is -1.21. The Hall–Kier alpha value is -5.99. The van der Waals surface area contributed by atoms with Gasteiger partial charge in [0.05, 0.1) is 0 Å². The van der Waals surface area contributed by atoms with Crippen LogP contribution in [0.5, 0.6) is 11.5 Å². The number of thioether (sulfide) groups is 1. The van der Waals surface area contributed by atoms with Crippen molar-refractivity contribution in [2.24, 2.45) is 5.16 Å². The lowest BCUT2D eigenvalue weighted by molar-refractivity contribution is -0.162. The minimum Gasteiger partial charge on any atom is -0.476 e. The van der Waals surface area contributed by atoms with E-state index in [2.05, 4.69) is 15.5 Å². The van der Waals surface area contributed by atoms with Gasteiger partial charge in [-0.2, -0.15) is 0 Å². The third-order valence-corrected chi connectivity index (χ3v) is 9.15. The van der Waals surface area contributed by atoms with Crippen LogP contribution in [-0.4, -0.2) is 50.7 Å². The van der Waals surface area contributed by atoms with Gasteiger partial charge < -0.3 is 29.5 Å². The number of carboxylic acid groups (broad SMARTS) is 1. The van der Waals surface area contributed by atoms with Crippen LogP contribution >= 0.6 is 23.1 Å². The number of thiazole rings is 1. The highest BCUT2D eigenvalue weighted by molar-refractivity contribution is 8.00. The first-order chi connectivity index (χ1) is 25.7. The monoisotopic (exact) mass is 767 g/mol. The number of benzene rings is 4. The molecule has 0 aliphatic heterocycles. The van der Waals surface area contributed by atoms with Gasteiger partial charge in [0.15, 0.2) is 16.6 Å². The second kappa shape index (κ2) is 17.2. The molecule has 4 aromatic carbocycles. The van der Waals surface area contributed by atoms with Crippen molar-refractivity contribution in [2.45, 2.75) is 56.1 Å². The lowest BCUT2D eigenvalue weighted by Gasteiger charge is -2.36. The molecule has 0 saturated heterocycles. The summed E-state index contributed by atoms with van der Waals surface area (Å²) < 4.78 is 15.9. The van der Waals surface area contributed by atoms with E-state index < -0.39 is 46.2 Å². The molecule has 1 heterocycles. The van der Waals surface area contributed by atoms with Crippen molar-refractivity contribution in [3.05, 3.63) is 137 Å². The summed E-state index contributed by atoms with van der Waals surface area (Å²) >= 11 is 1.98. The zero-order chi connectivity index (χ0) is 38.9. The van der Waals surface area contributed by atoms with Crippen molar-refractivity contribution in [1.82, 2.24) is 4.98 Å². The number of hydrogen-bond donors (Lipinski definition) is 2. The molecule has 5 rings (SSSR count). The van der Waals surface area contributed by atoms with Crippen LogP contribution in [0.25, 0.3) is 0 Å². The maximum absolute atomic E-state index is 13.4. The smallest absolute Gasteiger partial charge is 0.361 e. The van der Waals surface area contributed by atoms with Crippen molar-refractivity contribution in [1.29, 1.82) is 0 Å². The Balaban J connectivity index is 1.50. The number of anilines is 1. The van der Waals surface area contributed by atoms with Gasteiger partial charge in [0.1, 0.15) is 16.8 Å². The fraction of sp³-hybridized carbons (Fsp3) is 0.200. The normalized spacial score (nSPS) is 12.3. The standard InChI is InChI=1S/C40H37N3O9S2/c1-25(44)49-32-22-21-30(23-33(32)50-26(2)45)54-37(36(48)51-39(3,4)5)52-43-34(35(46)47)31-24-53-38(41-31)42-40(27-15-9-6-10-16-27,28-17-11-7-12-18-28)29-19-13-8-14-20-29/h6-24,37H,1-5H3,(H,41,42)(H,46,47)/b43-34-. The molecule has 2 N–H and O–H groups in total. The highest BCUT2D eigenvalue weighted by Gasteiger charge is 2.37. The van der Waals surface area contributed by atoms with E-state index in [1.54, 1.807) is 20.8 Å². The Labute approximate surface area is 320 Å². The Bertz CT molecular complexity index is 2040. The molecule has 278 valence electrons. The first kappa shape index (κ1) is 39.2. The quantitative estimate of drug-likeness (QED) is 0.0216. The third-order valence-electron chi connectivity index (χ3n) is 7.37. The molecule has 54 heavy (non-hydrogen) atoms. The molecule has 14 heteroatoms. The zero-order valence-electron chi connectivity index (χ0n) is 30.0. The number of carbonyl (C=O) groups is 4. The van der Waals surface area contributed by atoms with Gasteiger partial charge in [0.2, 0.25) is 5.71 Å². The summed E-state index contributed by atoms with van der Waals surface area (Å²) in [7, 11) is 0. The molecule has 12 nitrogen and oxygen atoms in total. The molecule has 0 saturated carbocycles. The number of esters is 3. The summed E-state index contributed by atoms with van der Waals surface area (Å²) in [6.07, 6.45) is 0. The molecule has 0 bridgehead atoms. The van der Waals surface area contributed by atoms with Gasteiger partial charge in [0.25, 0.3) is 5.44 Å². The number of aromatic nitrogens is 1. The molecule has 1 unspecified atom stereocenters. The van der Waals surface area contributed by atoms with Crippen LogP contribution < -0.4 is 14.8 Å². The minimum absolute atomic E-state index is 0.0195. The Morgan fingerprint density at radius 1 is 0.778 bits per heavy atom. The Morgan fingerprint density at radius 2 is 1.30 bits per heavy atom. The molecule has 0 radical (unpaired) electrons. The van der Waals surface area contributed by atoms with Gasteiger partial charge in [-0.05, 0) is 55.7 Å². The molecule has 1 aromatic heterocycles. The number of hydrogen-bond acceptors (Lipinski definition) is 13. The maximum Gasteiger partial charge on any atom is 0.361 e. The molecular weight excluding hydrogens is 731 g/mol. The van der Waals surface area contributed by atoms with Gasteiger partial charge in [-0.25, -0.2) is 14.6 Å². The second-order valence-corrected chi connectivity index (χ2v) is 14.6. The largest absolute Gasteiger partial charge is 0.476 e. The fourth-order valence-corrected chi connectivity index (χ4v) is 6.85. The molecule has 0 spiro atoms. The molecule has 0 aliphatic rings. The van der Waals surface area contributed by atoms with Crippen molar-refractivity contribution < 1.29 is 43.3 Å². The summed E-state index contributed by atoms with van der Waals surface area (Å²) in [5, 5.41) is 19.7. The summed E-state index contributed by atoms with van der Waals surface area (Å²) in [5.74, 6) is -3.74. The molecule has 1 atom stereocenters. The highest BCUT2D eigenvalue weighted by Crippen LogP contribution is 2.41. The minimum atomic E-state index is -1.53. The Kier molecular flexibility index (Phi) is 12.5. The van der Waals surface area contributed by atoms with Crippen LogP contribution in [0.3, 0.4) is 0 Å². The van der Waals surface area contributed by atoms with Crippen molar-refractivity contribution >= 4 is 57.8 Å². The molecular formula is C40H37N3O9S2. The van der Waals surface area contributed by atoms with E-state index in [1.807, 2.05) is 91.0 Å². The topological polar surface area (TPSA) is 163 Å². The van der Waals surface area contributed by atoms with E-state index in [0.717, 1.165) is 28.5 Å². The summed E-state index contributed by atoms with van der Waals surface area (Å²) in [4.78, 5) is 59.9. The van der Waals surface area contributed by atoms with Crippen molar-refractivity contribution in [3.63, 3.8) is 0 Å². The van der Waals surface area contributed by atoms with Gasteiger partial charge in [-0.1, -0.05) is 108 Å². The van der Waals surface area contributed by atoms with Gasteiger partial charge in [0, 0.05) is 24.1 Å². The van der Waals surface area contributed by atoms with Crippen molar-refractivity contribution in [2.75, 3.05) is 5.32 Å². The van der Waals surface area contributed by atoms with Crippen LogP contribution in [0.15, 0.2) is 125 Å². The first-order valence-corrected chi connectivity index (χ1v) is 18.3.